The maximum absolute atomic E-state index is 12.6. The molecule has 4 aromatic rings. The van der Waals surface area contributed by atoms with E-state index in [0.717, 1.165) is 27.7 Å². The van der Waals surface area contributed by atoms with Crippen LogP contribution in [0, 0.1) is 5.41 Å². The number of aromatic carboxylic acids is 1. The molecule has 0 spiro atoms. The zero-order chi connectivity index (χ0) is 21.2. The molecule has 0 radical (unpaired) electrons. The lowest BCUT2D eigenvalue weighted by Gasteiger charge is -2.39. The molecule has 30 heavy (non-hydrogen) atoms. The standard InChI is InChI=1S/C24H21NO5/c1-24(2,3)21-10-14-13-6-8-30-22(13)16(20-5-4-7-29-20)9-15(14)18-11-19(26)17(23(27)28)12-25(18)21/h4-9,11-12,21H,10H2,1-3H3,(H,27,28)/t21-/m0/s1. The van der Waals surface area contributed by atoms with Crippen LogP contribution in [0.3, 0.4) is 0 Å². The molecule has 0 fully saturated rings. The third kappa shape index (κ3) is 2.64. The maximum Gasteiger partial charge on any atom is 0.341 e. The fraction of sp³-hybridized carbons (Fsp3) is 0.250. The number of carboxylic acid groups (broad SMARTS) is 1. The lowest BCUT2D eigenvalue weighted by molar-refractivity contribution is 0.0693. The van der Waals surface area contributed by atoms with Crippen LogP contribution in [0.1, 0.15) is 42.7 Å². The third-order valence-electron chi connectivity index (χ3n) is 5.95. The van der Waals surface area contributed by atoms with Crippen LogP contribution >= 0.6 is 0 Å². The highest BCUT2D eigenvalue weighted by atomic mass is 16.4. The number of hydrogen-bond donors (Lipinski definition) is 1. The fourth-order valence-electron chi connectivity index (χ4n) is 4.46. The Morgan fingerprint density at radius 2 is 1.93 bits per heavy atom. The van der Waals surface area contributed by atoms with Crippen LogP contribution in [0.25, 0.3) is 33.6 Å². The van der Waals surface area contributed by atoms with Gasteiger partial charge in [0, 0.05) is 29.3 Å². The van der Waals surface area contributed by atoms with E-state index in [9.17, 15) is 14.7 Å². The number of carboxylic acids is 1. The van der Waals surface area contributed by atoms with Gasteiger partial charge in [-0.05, 0) is 41.7 Å². The molecule has 4 heterocycles. The number of benzene rings is 1. The highest BCUT2D eigenvalue weighted by Crippen LogP contribution is 2.47. The van der Waals surface area contributed by atoms with Crippen molar-refractivity contribution >= 4 is 16.9 Å². The third-order valence-corrected chi connectivity index (χ3v) is 5.95. The minimum absolute atomic E-state index is 0.0220. The summed E-state index contributed by atoms with van der Waals surface area (Å²) in [5, 5.41) is 10.5. The van der Waals surface area contributed by atoms with Gasteiger partial charge in [0.25, 0.3) is 0 Å². The molecule has 1 aliphatic heterocycles. The second kappa shape index (κ2) is 6.23. The van der Waals surface area contributed by atoms with Crippen molar-refractivity contribution in [2.24, 2.45) is 5.41 Å². The highest BCUT2D eigenvalue weighted by Gasteiger charge is 2.35. The average Bonchev–Trinajstić information content (AvgIpc) is 3.37. The van der Waals surface area contributed by atoms with Crippen LogP contribution in [0.2, 0.25) is 0 Å². The van der Waals surface area contributed by atoms with Gasteiger partial charge in [-0.1, -0.05) is 20.8 Å². The second-order valence-corrected chi connectivity index (χ2v) is 8.83. The van der Waals surface area contributed by atoms with Crippen LogP contribution in [-0.2, 0) is 6.42 Å². The zero-order valence-corrected chi connectivity index (χ0v) is 16.9. The molecule has 0 amide bonds. The predicted octanol–water partition coefficient (Wildman–Crippen LogP) is 5.36. The van der Waals surface area contributed by atoms with Crippen molar-refractivity contribution in [1.29, 1.82) is 0 Å². The molecule has 0 aliphatic carbocycles. The van der Waals surface area contributed by atoms with E-state index in [1.165, 1.54) is 12.3 Å². The van der Waals surface area contributed by atoms with Gasteiger partial charge in [-0.25, -0.2) is 4.79 Å². The largest absolute Gasteiger partial charge is 0.477 e. The first-order valence-electron chi connectivity index (χ1n) is 9.82. The number of furan rings is 2. The minimum Gasteiger partial charge on any atom is -0.477 e. The summed E-state index contributed by atoms with van der Waals surface area (Å²) in [6.45, 7) is 6.36. The Labute approximate surface area is 172 Å². The van der Waals surface area contributed by atoms with Crippen molar-refractivity contribution in [2.45, 2.75) is 33.2 Å². The molecule has 6 nitrogen and oxygen atoms in total. The van der Waals surface area contributed by atoms with Crippen molar-refractivity contribution in [2.75, 3.05) is 0 Å². The van der Waals surface area contributed by atoms with Gasteiger partial charge in [0.1, 0.15) is 16.9 Å². The Kier molecular flexibility index (Phi) is 3.84. The molecule has 1 aliphatic rings. The van der Waals surface area contributed by atoms with E-state index in [0.29, 0.717) is 17.9 Å². The lowest BCUT2D eigenvalue weighted by atomic mass is 9.77. The van der Waals surface area contributed by atoms with Gasteiger partial charge in [-0.3, -0.25) is 4.79 Å². The van der Waals surface area contributed by atoms with Crippen molar-refractivity contribution in [3.05, 3.63) is 70.4 Å². The van der Waals surface area contributed by atoms with Crippen LogP contribution in [0.15, 0.2) is 62.7 Å². The van der Waals surface area contributed by atoms with E-state index in [4.69, 9.17) is 8.83 Å². The van der Waals surface area contributed by atoms with Crippen molar-refractivity contribution in [1.82, 2.24) is 4.57 Å². The van der Waals surface area contributed by atoms with Crippen LogP contribution in [-0.4, -0.2) is 15.6 Å². The summed E-state index contributed by atoms with van der Waals surface area (Å²) in [4.78, 5) is 24.2. The molecule has 5 rings (SSSR count). The Morgan fingerprint density at radius 3 is 2.60 bits per heavy atom. The molecule has 0 saturated heterocycles. The first-order chi connectivity index (χ1) is 14.3. The molecule has 0 bridgehead atoms. The van der Waals surface area contributed by atoms with Gasteiger partial charge in [0.2, 0.25) is 0 Å². The summed E-state index contributed by atoms with van der Waals surface area (Å²) in [5.74, 6) is -0.540. The molecule has 0 saturated carbocycles. The lowest BCUT2D eigenvalue weighted by Crippen LogP contribution is -2.32. The Morgan fingerprint density at radius 1 is 1.13 bits per heavy atom. The van der Waals surface area contributed by atoms with E-state index >= 15 is 0 Å². The molecule has 3 aromatic heterocycles. The van der Waals surface area contributed by atoms with E-state index in [2.05, 4.69) is 20.8 Å². The van der Waals surface area contributed by atoms with Crippen LogP contribution in [0.4, 0.5) is 0 Å². The summed E-state index contributed by atoms with van der Waals surface area (Å²) >= 11 is 0. The Balaban J connectivity index is 1.88. The summed E-state index contributed by atoms with van der Waals surface area (Å²) in [7, 11) is 0. The molecule has 1 aromatic carbocycles. The number of fused-ring (bicyclic) bond motifs is 5. The summed E-state index contributed by atoms with van der Waals surface area (Å²) in [6, 6.07) is 9.02. The molecule has 1 atom stereocenters. The number of rotatable bonds is 2. The van der Waals surface area contributed by atoms with Gasteiger partial charge >= 0.3 is 5.97 Å². The smallest absolute Gasteiger partial charge is 0.341 e. The van der Waals surface area contributed by atoms with Crippen LogP contribution < -0.4 is 5.43 Å². The number of aromatic nitrogens is 1. The molecule has 0 unspecified atom stereocenters. The van der Waals surface area contributed by atoms with Crippen LogP contribution in [0.5, 0.6) is 0 Å². The van der Waals surface area contributed by atoms with Gasteiger partial charge in [-0.15, -0.1) is 0 Å². The van der Waals surface area contributed by atoms with E-state index < -0.39 is 11.4 Å². The number of hydrogen-bond acceptors (Lipinski definition) is 4. The minimum atomic E-state index is -1.21. The zero-order valence-electron chi connectivity index (χ0n) is 16.9. The van der Waals surface area contributed by atoms with Crippen molar-refractivity contribution in [3.8, 4) is 22.6 Å². The second-order valence-electron chi connectivity index (χ2n) is 8.83. The Hall–Kier alpha value is -3.54. The van der Waals surface area contributed by atoms with E-state index in [-0.39, 0.29) is 17.0 Å². The summed E-state index contributed by atoms with van der Waals surface area (Å²) in [5.41, 5.74) is 3.37. The van der Waals surface area contributed by atoms with Gasteiger partial charge in [0.05, 0.1) is 23.8 Å². The molecular formula is C24H21NO5. The van der Waals surface area contributed by atoms with Gasteiger partial charge in [-0.2, -0.15) is 0 Å². The number of nitrogens with zero attached hydrogens (tertiary/aromatic N) is 1. The summed E-state index contributed by atoms with van der Waals surface area (Å²) in [6.07, 6.45) is 5.46. The molecule has 152 valence electrons. The van der Waals surface area contributed by atoms with Gasteiger partial charge in [0.15, 0.2) is 5.43 Å². The first-order valence-corrected chi connectivity index (χ1v) is 9.82. The molecule has 1 N–H and O–H groups in total. The van der Waals surface area contributed by atoms with E-state index in [1.54, 1.807) is 12.5 Å². The predicted molar refractivity (Wildman–Crippen MR) is 113 cm³/mol. The number of pyridine rings is 1. The van der Waals surface area contributed by atoms with E-state index in [1.807, 2.05) is 28.8 Å². The van der Waals surface area contributed by atoms with Crippen molar-refractivity contribution in [3.63, 3.8) is 0 Å². The monoisotopic (exact) mass is 403 g/mol. The summed E-state index contributed by atoms with van der Waals surface area (Å²) < 4.78 is 13.4. The topological polar surface area (TPSA) is 85.6 Å². The molecular weight excluding hydrogens is 382 g/mol. The Bertz CT molecular complexity index is 1350. The highest BCUT2D eigenvalue weighted by molar-refractivity contribution is 5.99. The quantitative estimate of drug-likeness (QED) is 0.487. The fourth-order valence-corrected chi connectivity index (χ4v) is 4.46. The average molecular weight is 403 g/mol. The van der Waals surface area contributed by atoms with Gasteiger partial charge < -0.3 is 18.5 Å². The normalized spacial score (nSPS) is 15.8. The maximum atomic E-state index is 12.6. The first kappa shape index (κ1) is 18.5. The molecule has 6 heteroatoms. The SMILES string of the molecule is CC(C)(C)[C@@H]1Cc2c(cc(-c3ccco3)c3occc23)-c2cc(=O)c(C(=O)O)cn21. The van der Waals surface area contributed by atoms with Crippen molar-refractivity contribution < 1.29 is 18.7 Å². The number of carbonyl (C=O) groups is 1.